The molecule has 6 heteroatoms. The molecule has 0 saturated carbocycles. The second-order valence-electron chi connectivity index (χ2n) is 9.87. The zero-order chi connectivity index (χ0) is 24.2. The maximum atomic E-state index is 12.2. The lowest BCUT2D eigenvalue weighted by molar-refractivity contribution is -0.883. The SMILES string of the molecule is CCCCCCCCCCCCCCOC(=O)C[N+](C)(C)CCCN=Cc1ccccc1O.[Cl-]. The summed E-state index contributed by atoms with van der Waals surface area (Å²) >= 11 is 0. The third kappa shape index (κ3) is 17.8. The Morgan fingerprint density at radius 3 is 2.06 bits per heavy atom. The van der Waals surface area contributed by atoms with Crippen LogP contribution in [0.3, 0.4) is 0 Å². The Morgan fingerprint density at radius 2 is 1.47 bits per heavy atom. The molecule has 0 bridgehead atoms. The van der Waals surface area contributed by atoms with Gasteiger partial charge in [-0.2, -0.15) is 0 Å². The molecule has 0 fully saturated rings. The van der Waals surface area contributed by atoms with Crippen LogP contribution in [0.25, 0.3) is 0 Å². The Hall–Kier alpha value is -1.59. The van der Waals surface area contributed by atoms with Crippen molar-refractivity contribution in [1.82, 2.24) is 0 Å². The van der Waals surface area contributed by atoms with Gasteiger partial charge in [0.15, 0.2) is 6.54 Å². The van der Waals surface area contributed by atoms with E-state index in [1.165, 1.54) is 64.2 Å². The molecule has 1 rings (SSSR count). The Kier molecular flexibility index (Phi) is 19.8. The van der Waals surface area contributed by atoms with E-state index >= 15 is 0 Å². The van der Waals surface area contributed by atoms with Crippen LogP contribution >= 0.6 is 0 Å². The summed E-state index contributed by atoms with van der Waals surface area (Å²) in [7, 11) is 4.11. The average Bonchev–Trinajstić information content (AvgIpc) is 2.77. The van der Waals surface area contributed by atoms with Gasteiger partial charge in [0.1, 0.15) is 5.75 Å². The van der Waals surface area contributed by atoms with Gasteiger partial charge in [-0.15, -0.1) is 0 Å². The van der Waals surface area contributed by atoms with Crippen molar-refractivity contribution >= 4 is 12.2 Å². The zero-order valence-electron chi connectivity index (χ0n) is 21.9. The number of hydrogen-bond donors (Lipinski definition) is 1. The van der Waals surface area contributed by atoms with Gasteiger partial charge >= 0.3 is 5.97 Å². The highest BCUT2D eigenvalue weighted by atomic mass is 35.5. The number of unbranched alkanes of at least 4 members (excludes halogenated alkanes) is 11. The van der Waals surface area contributed by atoms with Gasteiger partial charge in [-0.1, -0.05) is 89.7 Å². The van der Waals surface area contributed by atoms with E-state index in [1.54, 1.807) is 18.3 Å². The number of halogens is 1. The third-order valence-corrected chi connectivity index (χ3v) is 6.04. The van der Waals surface area contributed by atoms with Crippen LogP contribution in [0.1, 0.15) is 96.0 Å². The molecule has 0 heterocycles. The van der Waals surface area contributed by atoms with Gasteiger partial charge in [0.25, 0.3) is 0 Å². The van der Waals surface area contributed by atoms with Crippen molar-refractivity contribution in [2.24, 2.45) is 4.99 Å². The summed E-state index contributed by atoms with van der Waals surface area (Å²) in [6, 6.07) is 7.17. The highest BCUT2D eigenvalue weighted by Crippen LogP contribution is 2.13. The van der Waals surface area contributed by atoms with Gasteiger partial charge in [-0.3, -0.25) is 4.99 Å². The Labute approximate surface area is 215 Å². The van der Waals surface area contributed by atoms with E-state index in [0.717, 1.165) is 31.4 Å². The number of phenols is 1. The van der Waals surface area contributed by atoms with Crippen molar-refractivity contribution in [3.05, 3.63) is 29.8 Å². The number of esters is 1. The van der Waals surface area contributed by atoms with E-state index in [0.29, 0.717) is 24.2 Å². The lowest BCUT2D eigenvalue weighted by atomic mass is 10.1. The number of likely N-dealkylation sites (N-methyl/N-ethyl adjacent to an activating group) is 1. The minimum atomic E-state index is -0.110. The molecule has 1 aromatic carbocycles. The number of aromatic hydroxyl groups is 1. The first-order valence-corrected chi connectivity index (χ1v) is 13.2. The van der Waals surface area contributed by atoms with Crippen molar-refractivity contribution in [3.63, 3.8) is 0 Å². The van der Waals surface area contributed by atoms with E-state index in [-0.39, 0.29) is 24.1 Å². The number of quaternary nitrogens is 1. The van der Waals surface area contributed by atoms with Crippen molar-refractivity contribution in [1.29, 1.82) is 0 Å². The molecule has 5 nitrogen and oxygen atoms in total. The zero-order valence-corrected chi connectivity index (χ0v) is 22.7. The summed E-state index contributed by atoms with van der Waals surface area (Å²) in [5, 5.41) is 9.74. The number of nitrogens with zero attached hydrogens (tertiary/aromatic N) is 2. The summed E-state index contributed by atoms with van der Waals surface area (Å²) in [5.41, 5.74) is 0.729. The topological polar surface area (TPSA) is 58.9 Å². The smallest absolute Gasteiger partial charge is 0.361 e. The number of phenolic OH excluding ortho intramolecular Hbond substituents is 1. The van der Waals surface area contributed by atoms with Gasteiger partial charge in [0.2, 0.25) is 0 Å². The molecule has 0 aromatic heterocycles. The predicted octanol–water partition coefficient (Wildman–Crippen LogP) is 3.53. The molecule has 34 heavy (non-hydrogen) atoms. The Balaban J connectivity index is 0.0000109. The van der Waals surface area contributed by atoms with Crippen LogP contribution in [0.5, 0.6) is 5.75 Å². The van der Waals surface area contributed by atoms with Crippen LogP contribution in [-0.4, -0.2) is 62.1 Å². The van der Waals surface area contributed by atoms with E-state index in [2.05, 4.69) is 26.0 Å². The summed E-state index contributed by atoms with van der Waals surface area (Å²) in [4.78, 5) is 16.6. The lowest BCUT2D eigenvalue weighted by Gasteiger charge is -2.28. The van der Waals surface area contributed by atoms with E-state index < -0.39 is 0 Å². The summed E-state index contributed by atoms with van der Waals surface area (Å²) in [5.74, 6) is 0.133. The molecule has 0 spiro atoms. The standard InChI is InChI=1S/C28H48N2O3.ClH/c1-4-5-6-7-8-9-10-11-12-13-14-17-23-33-28(32)25-30(2,3)22-18-21-29-24-26-19-15-16-20-27(26)31;/h15-16,19-20,24H,4-14,17-18,21-23,25H2,1-3H3;1H. The second-order valence-corrected chi connectivity index (χ2v) is 9.87. The minimum absolute atomic E-state index is 0. The fraction of sp³-hybridized carbons (Fsp3) is 0.714. The number of carbonyl (C=O) groups is 1. The molecule has 0 radical (unpaired) electrons. The molecule has 1 aromatic rings. The van der Waals surface area contributed by atoms with Gasteiger partial charge in [-0.05, 0) is 18.6 Å². The van der Waals surface area contributed by atoms with Crippen LogP contribution in [0.15, 0.2) is 29.3 Å². The Bertz CT molecular complexity index is 665. The van der Waals surface area contributed by atoms with Gasteiger partial charge in [-0.25, -0.2) is 4.79 Å². The first kappa shape index (κ1) is 32.4. The number of aliphatic imine (C=N–C) groups is 1. The van der Waals surface area contributed by atoms with Crippen LogP contribution in [-0.2, 0) is 9.53 Å². The van der Waals surface area contributed by atoms with Crippen molar-refractivity contribution in [3.8, 4) is 5.75 Å². The van der Waals surface area contributed by atoms with Crippen LogP contribution < -0.4 is 12.4 Å². The molecular formula is C28H49ClN2O3. The number of benzene rings is 1. The van der Waals surface area contributed by atoms with E-state index in [9.17, 15) is 9.90 Å². The average molecular weight is 497 g/mol. The molecule has 0 amide bonds. The van der Waals surface area contributed by atoms with Gasteiger partial charge in [0.05, 0.1) is 27.2 Å². The number of rotatable bonds is 20. The maximum absolute atomic E-state index is 12.2. The van der Waals surface area contributed by atoms with E-state index in [1.807, 2.05) is 12.1 Å². The maximum Gasteiger partial charge on any atom is 0.361 e. The number of ether oxygens (including phenoxy) is 1. The monoisotopic (exact) mass is 496 g/mol. The van der Waals surface area contributed by atoms with Gasteiger partial charge < -0.3 is 26.7 Å². The fourth-order valence-corrected chi connectivity index (χ4v) is 3.95. The molecule has 0 saturated heterocycles. The quantitative estimate of drug-likeness (QED) is 0.130. The molecule has 1 N–H and O–H groups in total. The number of carbonyl (C=O) groups excluding carboxylic acids is 1. The first-order valence-electron chi connectivity index (χ1n) is 13.2. The van der Waals surface area contributed by atoms with Gasteiger partial charge in [0, 0.05) is 24.7 Å². The molecule has 196 valence electrons. The Morgan fingerprint density at radius 1 is 0.912 bits per heavy atom. The summed E-state index contributed by atoms with van der Waals surface area (Å²) < 4.78 is 6.06. The summed E-state index contributed by atoms with van der Waals surface area (Å²) in [6.07, 6.45) is 18.3. The van der Waals surface area contributed by atoms with Crippen molar-refractivity contribution in [2.45, 2.75) is 90.4 Å². The van der Waals surface area contributed by atoms with Crippen molar-refractivity contribution < 1.29 is 31.5 Å². The first-order chi connectivity index (χ1) is 15.9. The van der Waals surface area contributed by atoms with Crippen LogP contribution in [0, 0.1) is 0 Å². The fourth-order valence-electron chi connectivity index (χ4n) is 3.95. The highest BCUT2D eigenvalue weighted by molar-refractivity contribution is 5.83. The highest BCUT2D eigenvalue weighted by Gasteiger charge is 2.20. The summed E-state index contributed by atoms with van der Waals surface area (Å²) in [6.45, 7) is 4.72. The molecule has 0 aliphatic carbocycles. The second kappa shape index (κ2) is 20.8. The normalized spacial score (nSPS) is 11.5. The number of hydrogen-bond acceptors (Lipinski definition) is 4. The van der Waals surface area contributed by atoms with Crippen LogP contribution in [0.4, 0.5) is 0 Å². The number of para-hydroxylation sites is 1. The minimum Gasteiger partial charge on any atom is -1.00 e. The molecule has 0 aliphatic rings. The molecule has 0 atom stereocenters. The van der Waals surface area contributed by atoms with Crippen molar-refractivity contribution in [2.75, 3.05) is 40.3 Å². The predicted molar refractivity (Wildman–Crippen MR) is 139 cm³/mol. The van der Waals surface area contributed by atoms with E-state index in [4.69, 9.17) is 4.74 Å². The molecule has 0 unspecified atom stereocenters. The lowest BCUT2D eigenvalue weighted by Crippen LogP contribution is -3.00. The largest absolute Gasteiger partial charge is 1.00 e. The molecule has 0 aliphatic heterocycles. The van der Waals surface area contributed by atoms with Crippen LogP contribution in [0.2, 0.25) is 0 Å². The third-order valence-electron chi connectivity index (χ3n) is 6.04. The molecular weight excluding hydrogens is 448 g/mol.